The lowest BCUT2D eigenvalue weighted by Crippen LogP contribution is -2.08. The summed E-state index contributed by atoms with van der Waals surface area (Å²) in [5.41, 5.74) is 0.841. The third-order valence-corrected chi connectivity index (χ3v) is 7.54. The molecule has 6 nitrogen and oxygen atoms in total. The van der Waals surface area contributed by atoms with E-state index in [1.807, 2.05) is 0 Å². The molecule has 0 saturated heterocycles. The zero-order valence-electron chi connectivity index (χ0n) is 19.7. The second-order valence-electron chi connectivity index (χ2n) is 8.26. The molecule has 37 heavy (non-hydrogen) atoms. The normalized spacial score (nSPS) is 11.9. The van der Waals surface area contributed by atoms with E-state index in [4.69, 9.17) is 10.00 Å². The number of nitriles is 1. The summed E-state index contributed by atoms with van der Waals surface area (Å²) < 4.78 is 72.0. The Morgan fingerprint density at radius 2 is 1.84 bits per heavy atom. The number of benzene rings is 2. The van der Waals surface area contributed by atoms with Gasteiger partial charge >= 0.3 is 6.18 Å². The van der Waals surface area contributed by atoms with E-state index in [2.05, 4.69) is 11.2 Å². The van der Waals surface area contributed by atoms with Crippen molar-refractivity contribution in [1.29, 1.82) is 5.26 Å². The quantitative estimate of drug-likeness (QED) is 0.217. The number of hydrogen-bond acceptors (Lipinski definition) is 6. The highest BCUT2D eigenvalue weighted by molar-refractivity contribution is 7.90. The highest BCUT2D eigenvalue weighted by Gasteiger charge is 2.36. The van der Waals surface area contributed by atoms with Crippen LogP contribution in [0.25, 0.3) is 27.4 Å². The van der Waals surface area contributed by atoms with Crippen molar-refractivity contribution in [2.45, 2.75) is 30.3 Å². The molecule has 0 aliphatic carbocycles. The lowest BCUT2D eigenvalue weighted by atomic mass is 10.1. The maximum atomic E-state index is 13.7. The number of ether oxygens (including phenoxy) is 1. The van der Waals surface area contributed by atoms with Crippen LogP contribution < -0.4 is 4.74 Å². The number of hydrogen-bond donors (Lipinski definition) is 0. The first-order chi connectivity index (χ1) is 17.6. The summed E-state index contributed by atoms with van der Waals surface area (Å²) in [4.78, 5) is 0.676. The molecule has 4 rings (SSSR count). The van der Waals surface area contributed by atoms with E-state index in [9.17, 15) is 21.6 Å². The Morgan fingerprint density at radius 3 is 2.57 bits per heavy atom. The van der Waals surface area contributed by atoms with E-state index in [1.54, 1.807) is 47.8 Å². The van der Waals surface area contributed by atoms with Crippen molar-refractivity contribution in [1.82, 2.24) is 9.78 Å². The number of sulfone groups is 1. The van der Waals surface area contributed by atoms with Gasteiger partial charge in [0.15, 0.2) is 15.5 Å². The van der Waals surface area contributed by atoms with Gasteiger partial charge in [-0.3, -0.25) is 0 Å². The number of nitrogens with zero attached hydrogens (tertiary/aromatic N) is 3. The number of alkyl halides is 3. The Kier molecular flexibility index (Phi) is 7.71. The molecule has 0 bridgehead atoms. The summed E-state index contributed by atoms with van der Waals surface area (Å²) in [5, 5.41) is 14.3. The van der Waals surface area contributed by atoms with Crippen LogP contribution in [-0.4, -0.2) is 31.1 Å². The molecule has 0 amide bonds. The van der Waals surface area contributed by atoms with Crippen molar-refractivity contribution in [2.24, 2.45) is 0 Å². The molecule has 0 aliphatic heterocycles. The fraction of sp³-hybridized carbons (Fsp3) is 0.231. The Morgan fingerprint density at radius 1 is 1.05 bits per heavy atom. The SMILES string of the molecule is CS(=O)(=O)c1cccc(-c2csc(-c3cc(C(F)(F)F)nn3-c3ccccc3OCCCCC#N)c2)c1. The minimum Gasteiger partial charge on any atom is -0.491 e. The van der Waals surface area contributed by atoms with E-state index in [0.29, 0.717) is 53.3 Å². The number of halogens is 3. The van der Waals surface area contributed by atoms with E-state index in [1.165, 1.54) is 28.2 Å². The van der Waals surface area contributed by atoms with Gasteiger partial charge in [0.2, 0.25) is 0 Å². The first kappa shape index (κ1) is 26.4. The van der Waals surface area contributed by atoms with E-state index >= 15 is 0 Å². The van der Waals surface area contributed by atoms with Gasteiger partial charge < -0.3 is 4.74 Å². The van der Waals surface area contributed by atoms with Gasteiger partial charge in [-0.25, -0.2) is 13.1 Å². The Bertz CT molecular complexity index is 1550. The van der Waals surface area contributed by atoms with Crippen LogP contribution in [-0.2, 0) is 16.0 Å². The van der Waals surface area contributed by atoms with Crippen molar-refractivity contribution in [3.63, 3.8) is 0 Å². The van der Waals surface area contributed by atoms with Gasteiger partial charge in [0.1, 0.15) is 11.4 Å². The average molecular weight is 546 g/mol. The van der Waals surface area contributed by atoms with E-state index < -0.39 is 21.7 Å². The summed E-state index contributed by atoms with van der Waals surface area (Å²) in [6.07, 6.45) is -1.86. The molecule has 0 radical (unpaired) electrons. The van der Waals surface area contributed by atoms with Crippen molar-refractivity contribution < 1.29 is 26.3 Å². The van der Waals surface area contributed by atoms with Gasteiger partial charge in [0, 0.05) is 12.7 Å². The summed E-state index contributed by atoms with van der Waals surface area (Å²) >= 11 is 1.23. The van der Waals surface area contributed by atoms with E-state index in [-0.39, 0.29) is 10.6 Å². The van der Waals surface area contributed by atoms with Crippen molar-refractivity contribution in [3.05, 3.63) is 71.7 Å². The van der Waals surface area contributed by atoms with Gasteiger partial charge in [-0.1, -0.05) is 24.3 Å². The molecule has 0 fully saturated rings. The van der Waals surface area contributed by atoms with Crippen LogP contribution in [0.1, 0.15) is 25.0 Å². The molecule has 0 aliphatic rings. The monoisotopic (exact) mass is 545 g/mol. The number of thiophene rings is 1. The first-order valence-corrected chi connectivity index (χ1v) is 14.0. The highest BCUT2D eigenvalue weighted by Crippen LogP contribution is 2.39. The highest BCUT2D eigenvalue weighted by atomic mass is 32.2. The molecule has 0 N–H and O–H groups in total. The van der Waals surface area contributed by atoms with Gasteiger partial charge in [-0.2, -0.15) is 23.5 Å². The summed E-state index contributed by atoms with van der Waals surface area (Å²) in [6.45, 7) is 0.307. The molecule has 0 unspecified atom stereocenters. The van der Waals surface area contributed by atoms with Gasteiger partial charge in [-0.15, -0.1) is 11.3 Å². The molecule has 4 aromatic rings. The fourth-order valence-electron chi connectivity index (χ4n) is 3.65. The van der Waals surface area contributed by atoms with Crippen LogP contribution in [0.3, 0.4) is 0 Å². The molecule has 0 atom stereocenters. The van der Waals surface area contributed by atoms with Crippen LogP contribution in [0.2, 0.25) is 0 Å². The van der Waals surface area contributed by atoms with E-state index in [0.717, 1.165) is 12.3 Å². The Labute approximate surface area is 216 Å². The summed E-state index contributed by atoms with van der Waals surface area (Å²) in [7, 11) is -3.42. The molecule has 11 heteroatoms. The summed E-state index contributed by atoms with van der Waals surface area (Å²) in [5.74, 6) is 0.371. The fourth-order valence-corrected chi connectivity index (χ4v) is 5.24. The number of rotatable bonds is 9. The Hall–Kier alpha value is -3.62. The maximum absolute atomic E-state index is 13.7. The predicted octanol–water partition coefficient (Wildman–Crippen LogP) is 6.76. The lowest BCUT2D eigenvalue weighted by Gasteiger charge is -2.13. The maximum Gasteiger partial charge on any atom is 0.435 e. The van der Waals surface area contributed by atoms with Crippen molar-refractivity contribution >= 4 is 21.2 Å². The minimum absolute atomic E-state index is 0.156. The molecule has 192 valence electrons. The topological polar surface area (TPSA) is 85.0 Å². The first-order valence-electron chi connectivity index (χ1n) is 11.2. The number of aromatic nitrogens is 2. The molecule has 0 spiro atoms. The standard InChI is InChI=1S/C26H22F3N3O3S2/c1-37(33,34)20-9-7-8-18(14-20)19-15-24(36-17-19)22-16-25(26(27,28)29)31-32(22)21-10-3-4-11-23(21)35-13-6-2-5-12-30/h3-4,7-11,14-17H,2,5-6,13H2,1H3. The number of unbranched alkanes of at least 4 members (excludes halogenated alkanes) is 2. The van der Waals surface area contributed by atoms with Crippen LogP contribution in [0.4, 0.5) is 13.2 Å². The molecule has 2 heterocycles. The second kappa shape index (κ2) is 10.8. The van der Waals surface area contributed by atoms with Crippen LogP contribution >= 0.6 is 11.3 Å². The minimum atomic E-state index is -4.66. The van der Waals surface area contributed by atoms with Crippen LogP contribution in [0, 0.1) is 11.3 Å². The van der Waals surface area contributed by atoms with Gasteiger partial charge in [0.05, 0.1) is 28.1 Å². The second-order valence-corrected chi connectivity index (χ2v) is 11.2. The zero-order valence-corrected chi connectivity index (χ0v) is 21.3. The largest absolute Gasteiger partial charge is 0.491 e. The molecule has 0 saturated carbocycles. The molecule has 2 aromatic carbocycles. The zero-order chi connectivity index (χ0) is 26.6. The van der Waals surface area contributed by atoms with Crippen molar-refractivity contribution in [3.8, 4) is 39.2 Å². The third kappa shape index (κ3) is 6.21. The molecule has 2 aromatic heterocycles. The third-order valence-electron chi connectivity index (χ3n) is 5.48. The predicted molar refractivity (Wildman–Crippen MR) is 135 cm³/mol. The number of para-hydroxylation sites is 2. The van der Waals surface area contributed by atoms with Gasteiger partial charge in [0.25, 0.3) is 0 Å². The van der Waals surface area contributed by atoms with Crippen LogP contribution in [0.5, 0.6) is 5.75 Å². The Balaban J connectivity index is 1.74. The molecular formula is C26H22F3N3O3S2. The molecular weight excluding hydrogens is 523 g/mol. The van der Waals surface area contributed by atoms with Crippen LogP contribution in [0.15, 0.2) is 70.9 Å². The van der Waals surface area contributed by atoms with Crippen molar-refractivity contribution in [2.75, 3.05) is 12.9 Å². The summed E-state index contributed by atoms with van der Waals surface area (Å²) in [6, 6.07) is 17.9. The average Bonchev–Trinajstić information content (AvgIpc) is 3.51. The van der Waals surface area contributed by atoms with Gasteiger partial charge in [-0.05, 0) is 65.7 Å². The smallest absolute Gasteiger partial charge is 0.435 e. The lowest BCUT2D eigenvalue weighted by molar-refractivity contribution is -0.141.